The Morgan fingerprint density at radius 3 is 1.88 bits per heavy atom. The first-order valence-corrected chi connectivity index (χ1v) is 25.9. The average molecular weight is 960 g/mol. The van der Waals surface area contributed by atoms with E-state index < -0.39 is 5.41 Å². The molecule has 0 amide bonds. The Morgan fingerprint density at radius 1 is 0.467 bits per heavy atom. The number of para-hydroxylation sites is 4. The number of pyridine rings is 1. The Morgan fingerprint density at radius 2 is 1.12 bits per heavy atom. The molecule has 0 spiro atoms. The predicted molar refractivity (Wildman–Crippen MR) is 307 cm³/mol. The largest absolute Gasteiger partial charge is 0.455 e. The molecule has 0 N–H and O–H groups in total. The lowest BCUT2D eigenvalue weighted by Gasteiger charge is -2.35. The minimum atomic E-state index is -0.791. The summed E-state index contributed by atoms with van der Waals surface area (Å²) in [5, 5.41) is 6.48. The minimum Gasteiger partial charge on any atom is -0.455 e. The molecule has 16 rings (SSSR count). The molecular weight excluding hydrogens is 915 g/mol. The van der Waals surface area contributed by atoms with Crippen molar-refractivity contribution in [3.63, 3.8) is 0 Å². The van der Waals surface area contributed by atoms with E-state index in [1.807, 2.05) is 6.20 Å². The molecule has 4 aromatic heterocycles. The summed E-state index contributed by atoms with van der Waals surface area (Å²) in [6.07, 6.45) is 17.9. The zero-order chi connectivity index (χ0) is 49.2. The number of furan rings is 2. The van der Waals surface area contributed by atoms with Gasteiger partial charge in [-0.25, -0.2) is 4.98 Å². The molecule has 5 nitrogen and oxygen atoms in total. The Labute approximate surface area is 432 Å². The van der Waals surface area contributed by atoms with Crippen molar-refractivity contribution < 1.29 is 8.83 Å². The molecule has 0 fully saturated rings. The molecular formula is C70H45N3O2. The van der Waals surface area contributed by atoms with E-state index in [4.69, 9.17) is 13.8 Å². The van der Waals surface area contributed by atoms with Crippen LogP contribution in [-0.2, 0) is 5.41 Å². The summed E-state index contributed by atoms with van der Waals surface area (Å²) in [4.78, 5) is 7.90. The molecule has 4 heterocycles. The van der Waals surface area contributed by atoms with Crippen LogP contribution in [0.25, 0.3) is 88.1 Å². The van der Waals surface area contributed by atoms with Gasteiger partial charge in [-0.15, -0.1) is 0 Å². The Hall–Kier alpha value is -9.71. The maximum Gasteiger partial charge on any atom is 0.160 e. The van der Waals surface area contributed by atoms with Crippen LogP contribution in [0.3, 0.4) is 0 Å². The fourth-order valence-electron chi connectivity index (χ4n) is 13.0. The van der Waals surface area contributed by atoms with Crippen molar-refractivity contribution in [2.45, 2.75) is 5.41 Å². The van der Waals surface area contributed by atoms with E-state index >= 15 is 0 Å². The number of benzene rings is 9. The van der Waals surface area contributed by atoms with Crippen LogP contribution in [0, 0.1) is 11.8 Å². The first-order valence-electron chi connectivity index (χ1n) is 25.9. The molecule has 2 atom stereocenters. The van der Waals surface area contributed by atoms with Crippen LogP contribution in [0.1, 0.15) is 27.8 Å². The third-order valence-corrected chi connectivity index (χ3v) is 16.2. The SMILES string of the molecule is C1=CC2C=CC(c3ccc(N(c4cc5c(c6c4oc4ccccc46)-c4c(ccc6c4oc4ccccc46)C5(c4ccccc4)c4ccccc4)c4cccc5c4c4ccccc4n5-c4ccccc4)nc3)=CC2C=C1. The van der Waals surface area contributed by atoms with Crippen LogP contribution in [0.4, 0.5) is 17.2 Å². The lowest BCUT2D eigenvalue weighted by Crippen LogP contribution is -2.28. The van der Waals surface area contributed by atoms with Gasteiger partial charge in [0.15, 0.2) is 5.58 Å². The number of nitrogens with zero attached hydrogens (tertiary/aromatic N) is 3. The Balaban J connectivity index is 1.06. The van der Waals surface area contributed by atoms with Crippen molar-refractivity contribution in [2.24, 2.45) is 11.8 Å². The van der Waals surface area contributed by atoms with E-state index in [1.165, 1.54) is 0 Å². The van der Waals surface area contributed by atoms with Gasteiger partial charge in [-0.2, -0.15) is 0 Å². The van der Waals surface area contributed by atoms with Gasteiger partial charge in [-0.1, -0.05) is 194 Å². The molecule has 0 radical (unpaired) electrons. The van der Waals surface area contributed by atoms with Crippen molar-refractivity contribution >= 4 is 88.4 Å². The van der Waals surface area contributed by atoms with Gasteiger partial charge in [-0.05, 0) is 94.1 Å². The number of hydrogen-bond donors (Lipinski definition) is 0. The smallest absolute Gasteiger partial charge is 0.160 e. The summed E-state index contributed by atoms with van der Waals surface area (Å²) in [5.41, 5.74) is 16.7. The Kier molecular flexibility index (Phi) is 9.01. The molecule has 0 bridgehead atoms. The van der Waals surface area contributed by atoms with Gasteiger partial charge in [0.2, 0.25) is 0 Å². The molecule has 13 aromatic rings. The van der Waals surface area contributed by atoms with E-state index in [-0.39, 0.29) is 0 Å². The molecule has 352 valence electrons. The third-order valence-electron chi connectivity index (χ3n) is 16.2. The second kappa shape index (κ2) is 16.1. The first kappa shape index (κ1) is 41.9. The topological polar surface area (TPSA) is 47.3 Å². The number of allylic oxidation sites excluding steroid dienone is 8. The van der Waals surface area contributed by atoms with Gasteiger partial charge < -0.3 is 13.4 Å². The molecule has 0 aliphatic heterocycles. The van der Waals surface area contributed by atoms with Gasteiger partial charge in [0, 0.05) is 67.2 Å². The maximum absolute atomic E-state index is 7.41. The maximum atomic E-state index is 7.41. The molecule has 0 saturated carbocycles. The summed E-state index contributed by atoms with van der Waals surface area (Å²) in [7, 11) is 0. The van der Waals surface area contributed by atoms with E-state index in [1.54, 1.807) is 0 Å². The van der Waals surface area contributed by atoms with Crippen LogP contribution >= 0.6 is 0 Å². The zero-order valence-corrected chi connectivity index (χ0v) is 40.6. The molecule has 3 aliphatic carbocycles. The number of hydrogen-bond acceptors (Lipinski definition) is 4. The summed E-state index contributed by atoms with van der Waals surface area (Å²) < 4.78 is 16.9. The van der Waals surface area contributed by atoms with E-state index in [2.05, 4.69) is 264 Å². The molecule has 9 aromatic carbocycles. The van der Waals surface area contributed by atoms with Crippen molar-refractivity contribution in [3.05, 3.63) is 289 Å². The number of aromatic nitrogens is 2. The zero-order valence-electron chi connectivity index (χ0n) is 40.6. The summed E-state index contributed by atoms with van der Waals surface area (Å²) >= 11 is 0. The highest BCUT2D eigenvalue weighted by Gasteiger charge is 2.49. The van der Waals surface area contributed by atoms with Crippen molar-refractivity contribution in [2.75, 3.05) is 4.90 Å². The van der Waals surface area contributed by atoms with Gasteiger partial charge in [0.05, 0.1) is 27.8 Å². The quantitative estimate of drug-likeness (QED) is 0.160. The highest BCUT2D eigenvalue weighted by molar-refractivity contribution is 6.24. The number of anilines is 3. The lowest BCUT2D eigenvalue weighted by molar-refractivity contribution is 0.663. The second-order valence-corrected chi connectivity index (χ2v) is 20.1. The van der Waals surface area contributed by atoms with Gasteiger partial charge in [0.1, 0.15) is 22.6 Å². The van der Waals surface area contributed by atoms with Crippen LogP contribution in [-0.4, -0.2) is 9.55 Å². The van der Waals surface area contributed by atoms with E-state index in [9.17, 15) is 0 Å². The van der Waals surface area contributed by atoms with Gasteiger partial charge in [-0.3, -0.25) is 4.90 Å². The first-order chi connectivity index (χ1) is 37.2. The van der Waals surface area contributed by atoms with Gasteiger partial charge >= 0.3 is 0 Å². The summed E-state index contributed by atoms with van der Waals surface area (Å²) in [6.45, 7) is 0. The minimum absolute atomic E-state index is 0.304. The molecule has 5 heteroatoms. The molecule has 75 heavy (non-hydrogen) atoms. The van der Waals surface area contributed by atoms with Crippen LogP contribution in [0.2, 0.25) is 0 Å². The van der Waals surface area contributed by atoms with Gasteiger partial charge in [0.25, 0.3) is 0 Å². The van der Waals surface area contributed by atoms with E-state index in [0.717, 1.165) is 133 Å². The molecule has 0 saturated heterocycles. The lowest BCUT2D eigenvalue weighted by atomic mass is 9.67. The Bertz CT molecular complexity index is 4550. The predicted octanol–water partition coefficient (Wildman–Crippen LogP) is 18.1. The van der Waals surface area contributed by atoms with Crippen LogP contribution in [0.5, 0.6) is 0 Å². The average Bonchev–Trinajstić information content (AvgIpc) is 4.23. The van der Waals surface area contributed by atoms with Crippen molar-refractivity contribution in [1.82, 2.24) is 9.55 Å². The summed E-state index contributed by atoms with van der Waals surface area (Å²) in [5.74, 6) is 1.43. The molecule has 3 aliphatic rings. The normalized spacial score (nSPS) is 16.3. The van der Waals surface area contributed by atoms with E-state index in [0.29, 0.717) is 11.8 Å². The van der Waals surface area contributed by atoms with Crippen LogP contribution in [0.15, 0.2) is 270 Å². The van der Waals surface area contributed by atoms with Crippen LogP contribution < -0.4 is 4.90 Å². The third kappa shape index (κ3) is 5.98. The fraction of sp³-hybridized carbons (Fsp3) is 0.0429. The monoisotopic (exact) mass is 959 g/mol. The number of fused-ring (bicyclic) bond motifs is 15. The van der Waals surface area contributed by atoms with Crippen molar-refractivity contribution in [1.29, 1.82) is 0 Å². The highest BCUT2D eigenvalue weighted by atomic mass is 16.3. The standard InChI is InChI=1S/C70H45N3O2/c1-4-21-48(22-5-1)70(49-23-6-2-7-24-49)55-39-38-52-51-27-13-16-33-61(51)74-68(52)67(55)66-56(70)42-60(69-65(66)54-29-14-17-34-62(54)75-69)73(63-40-37-47(43-71-63)46-36-35-44-19-10-11-20-45(44)41-46)59-32-18-31-58-64(59)53-28-12-15-30-57(53)72(58)50-25-8-3-9-26-50/h1-45H. The fourth-order valence-corrected chi connectivity index (χ4v) is 13.0. The number of rotatable bonds is 7. The highest BCUT2D eigenvalue weighted by Crippen LogP contribution is 2.63. The summed E-state index contributed by atoms with van der Waals surface area (Å²) in [6, 6.07) is 76.6. The second-order valence-electron chi connectivity index (χ2n) is 20.1. The molecule has 2 unspecified atom stereocenters. The van der Waals surface area contributed by atoms with Crippen molar-refractivity contribution in [3.8, 4) is 16.8 Å².